The van der Waals surface area contributed by atoms with Crippen molar-refractivity contribution in [1.29, 1.82) is 0 Å². The van der Waals surface area contributed by atoms with E-state index >= 15 is 0 Å². The van der Waals surface area contributed by atoms with Crippen molar-refractivity contribution in [2.45, 2.75) is 24.3 Å². The number of urea groups is 1. The van der Waals surface area contributed by atoms with Crippen molar-refractivity contribution in [3.8, 4) is 11.4 Å². The quantitative estimate of drug-likeness (QED) is 0.430. The van der Waals surface area contributed by atoms with E-state index in [1.807, 2.05) is 13.8 Å². The maximum atomic E-state index is 13.5. The highest BCUT2D eigenvalue weighted by Crippen LogP contribution is 2.32. The molecule has 3 rings (SSSR count). The number of nitrogens with one attached hydrogen (secondary N) is 1. The highest BCUT2D eigenvalue weighted by Gasteiger charge is 2.28. The molecule has 1 unspecified atom stereocenters. The molecule has 1 aromatic heterocycles. The molecular weight excluding hydrogens is 440 g/mol. The van der Waals surface area contributed by atoms with Gasteiger partial charge in [0.25, 0.3) is 5.56 Å². The number of thioether (sulfide) groups is 1. The second-order valence-electron chi connectivity index (χ2n) is 7.00. The zero-order chi connectivity index (χ0) is 22.7. The Labute approximate surface area is 187 Å². The number of nitrogens with two attached hydrogens (primary N) is 1. The van der Waals surface area contributed by atoms with Gasteiger partial charge in [0.1, 0.15) is 5.75 Å². The SMILES string of the molecule is COc1ccccc1-n1c(SC(C(=O)NC(N)=O)C(C)C)nc2cc(Cl)ccc2c1=O. The van der Waals surface area contributed by atoms with Crippen molar-refractivity contribution in [3.05, 3.63) is 57.8 Å². The number of fused-ring (bicyclic) bond motifs is 1. The average Bonchev–Trinajstić information content (AvgIpc) is 2.71. The number of nitrogens with zero attached hydrogens (tertiary/aromatic N) is 2. The molecule has 0 aliphatic rings. The Hall–Kier alpha value is -3.04. The van der Waals surface area contributed by atoms with Gasteiger partial charge in [0, 0.05) is 5.02 Å². The van der Waals surface area contributed by atoms with E-state index in [0.29, 0.717) is 27.4 Å². The van der Waals surface area contributed by atoms with Crippen LogP contribution in [0.2, 0.25) is 5.02 Å². The van der Waals surface area contributed by atoms with Crippen LogP contribution in [0.25, 0.3) is 16.6 Å². The van der Waals surface area contributed by atoms with Gasteiger partial charge in [-0.25, -0.2) is 9.78 Å². The van der Waals surface area contributed by atoms with Gasteiger partial charge in [-0.3, -0.25) is 19.5 Å². The van der Waals surface area contributed by atoms with Gasteiger partial charge in [0.05, 0.1) is 29.0 Å². The largest absolute Gasteiger partial charge is 0.495 e. The number of hydrogen-bond acceptors (Lipinski definition) is 6. The first kappa shape index (κ1) is 22.6. The van der Waals surface area contributed by atoms with Gasteiger partial charge < -0.3 is 10.5 Å². The van der Waals surface area contributed by atoms with Crippen LogP contribution in [-0.4, -0.2) is 33.8 Å². The number of benzene rings is 2. The summed E-state index contributed by atoms with van der Waals surface area (Å²) in [5.74, 6) is -0.300. The maximum absolute atomic E-state index is 13.5. The highest BCUT2D eigenvalue weighted by molar-refractivity contribution is 8.00. The molecule has 1 atom stereocenters. The predicted molar refractivity (Wildman–Crippen MR) is 121 cm³/mol. The molecule has 3 aromatic rings. The molecule has 3 amide bonds. The van der Waals surface area contributed by atoms with Crippen molar-refractivity contribution < 1.29 is 14.3 Å². The van der Waals surface area contributed by atoms with Crippen molar-refractivity contribution in [3.63, 3.8) is 0 Å². The number of primary amides is 1. The van der Waals surface area contributed by atoms with E-state index in [2.05, 4.69) is 10.3 Å². The topological polar surface area (TPSA) is 116 Å². The van der Waals surface area contributed by atoms with Crippen LogP contribution >= 0.6 is 23.4 Å². The highest BCUT2D eigenvalue weighted by atomic mass is 35.5. The lowest BCUT2D eigenvalue weighted by Gasteiger charge is -2.21. The third-order valence-corrected chi connectivity index (χ3v) is 6.20. The number of halogens is 1. The van der Waals surface area contributed by atoms with Crippen molar-refractivity contribution in [1.82, 2.24) is 14.9 Å². The van der Waals surface area contributed by atoms with E-state index in [1.165, 1.54) is 11.7 Å². The monoisotopic (exact) mass is 460 g/mol. The second-order valence-corrected chi connectivity index (χ2v) is 8.55. The number of imide groups is 1. The number of ether oxygens (including phenoxy) is 1. The lowest BCUT2D eigenvalue weighted by Crippen LogP contribution is -2.42. The first-order valence-corrected chi connectivity index (χ1v) is 10.6. The first-order valence-electron chi connectivity index (χ1n) is 9.35. The second kappa shape index (κ2) is 9.40. The third-order valence-electron chi connectivity index (χ3n) is 4.47. The summed E-state index contributed by atoms with van der Waals surface area (Å²) in [5.41, 5.74) is 5.64. The molecule has 3 N–H and O–H groups in total. The number of rotatable bonds is 6. The minimum atomic E-state index is -0.948. The van der Waals surface area contributed by atoms with Gasteiger partial charge in [-0.15, -0.1) is 0 Å². The summed E-state index contributed by atoms with van der Waals surface area (Å²) >= 11 is 7.16. The summed E-state index contributed by atoms with van der Waals surface area (Å²) in [5, 5.41) is 2.41. The van der Waals surface area contributed by atoms with E-state index < -0.39 is 17.2 Å². The Morgan fingerprint density at radius 2 is 1.94 bits per heavy atom. The summed E-state index contributed by atoms with van der Waals surface area (Å²) < 4.78 is 6.83. The van der Waals surface area contributed by atoms with E-state index in [-0.39, 0.29) is 16.6 Å². The molecule has 0 saturated carbocycles. The number of carbonyl (C=O) groups excluding carboxylic acids is 2. The Bertz CT molecular complexity index is 1210. The lowest BCUT2D eigenvalue weighted by atomic mass is 10.1. The third kappa shape index (κ3) is 4.83. The van der Waals surface area contributed by atoms with Gasteiger partial charge in [0.15, 0.2) is 5.16 Å². The molecule has 0 fully saturated rings. The molecule has 0 aliphatic carbocycles. The lowest BCUT2D eigenvalue weighted by molar-refractivity contribution is -0.120. The zero-order valence-electron chi connectivity index (χ0n) is 17.1. The molecule has 0 radical (unpaired) electrons. The van der Waals surface area contributed by atoms with Crippen LogP contribution in [0.1, 0.15) is 13.8 Å². The van der Waals surface area contributed by atoms with Crippen LogP contribution in [0.5, 0.6) is 5.75 Å². The summed E-state index contributed by atoms with van der Waals surface area (Å²) in [6.45, 7) is 3.64. The Balaban J connectivity index is 2.26. The molecule has 0 aliphatic heterocycles. The molecule has 162 valence electrons. The molecule has 1 heterocycles. The van der Waals surface area contributed by atoms with Gasteiger partial charge in [0.2, 0.25) is 5.91 Å². The van der Waals surface area contributed by atoms with Crippen LogP contribution in [0.15, 0.2) is 52.4 Å². The minimum Gasteiger partial charge on any atom is -0.495 e. The fraction of sp³-hybridized carbons (Fsp3) is 0.238. The molecular formula is C21H21ClN4O4S. The van der Waals surface area contributed by atoms with Gasteiger partial charge in [-0.05, 0) is 36.2 Å². The van der Waals surface area contributed by atoms with E-state index in [1.54, 1.807) is 42.5 Å². The van der Waals surface area contributed by atoms with E-state index in [4.69, 9.17) is 22.1 Å². The van der Waals surface area contributed by atoms with Crippen molar-refractivity contribution >= 4 is 46.2 Å². The Morgan fingerprint density at radius 1 is 1.23 bits per heavy atom. The van der Waals surface area contributed by atoms with Crippen molar-refractivity contribution in [2.24, 2.45) is 11.7 Å². The number of para-hydroxylation sites is 2. The zero-order valence-corrected chi connectivity index (χ0v) is 18.7. The van der Waals surface area contributed by atoms with Crippen LogP contribution in [0.3, 0.4) is 0 Å². The number of methoxy groups -OCH3 is 1. The normalized spacial score (nSPS) is 12.0. The van der Waals surface area contributed by atoms with Crippen LogP contribution < -0.4 is 21.3 Å². The number of hydrogen-bond donors (Lipinski definition) is 2. The van der Waals surface area contributed by atoms with Gasteiger partial charge in [-0.2, -0.15) is 0 Å². The molecule has 10 heteroatoms. The standard InChI is InChI=1S/C21H21ClN4O4S/c1-11(2)17(18(27)25-20(23)29)31-21-24-14-10-12(22)8-9-13(14)19(28)26(21)15-6-4-5-7-16(15)30-3/h4-11,17H,1-3H3,(H3,23,25,27,29). The van der Waals surface area contributed by atoms with Gasteiger partial charge >= 0.3 is 6.03 Å². The summed E-state index contributed by atoms with van der Waals surface area (Å²) in [6.07, 6.45) is 0. The van der Waals surface area contributed by atoms with E-state index in [9.17, 15) is 14.4 Å². The fourth-order valence-corrected chi connectivity index (χ4v) is 4.31. The first-order chi connectivity index (χ1) is 14.7. The summed E-state index contributed by atoms with van der Waals surface area (Å²) in [7, 11) is 1.50. The van der Waals surface area contributed by atoms with Gasteiger partial charge in [-0.1, -0.05) is 49.3 Å². The fourth-order valence-electron chi connectivity index (χ4n) is 3.04. The molecule has 2 aromatic carbocycles. The average molecular weight is 461 g/mol. The van der Waals surface area contributed by atoms with Crippen LogP contribution in [-0.2, 0) is 4.79 Å². The number of amides is 3. The minimum absolute atomic E-state index is 0.192. The van der Waals surface area contributed by atoms with E-state index in [0.717, 1.165) is 11.8 Å². The number of carbonyl (C=O) groups is 2. The smallest absolute Gasteiger partial charge is 0.318 e. The maximum Gasteiger partial charge on any atom is 0.318 e. The molecule has 0 bridgehead atoms. The Morgan fingerprint density at radius 3 is 2.58 bits per heavy atom. The molecule has 0 saturated heterocycles. The number of aromatic nitrogens is 2. The van der Waals surface area contributed by atoms with Crippen LogP contribution in [0, 0.1) is 5.92 Å². The Kier molecular flexibility index (Phi) is 6.87. The van der Waals surface area contributed by atoms with Crippen molar-refractivity contribution in [2.75, 3.05) is 7.11 Å². The van der Waals surface area contributed by atoms with Crippen LogP contribution in [0.4, 0.5) is 4.79 Å². The predicted octanol–water partition coefficient (Wildman–Crippen LogP) is 3.36. The summed E-state index contributed by atoms with van der Waals surface area (Å²) in [6, 6.07) is 10.9. The molecule has 8 nitrogen and oxygen atoms in total. The summed E-state index contributed by atoms with van der Waals surface area (Å²) in [4.78, 5) is 41.9. The molecule has 0 spiro atoms. The molecule has 31 heavy (non-hydrogen) atoms.